The van der Waals surface area contributed by atoms with Crippen LogP contribution >= 0.6 is 0 Å². The van der Waals surface area contributed by atoms with Crippen LogP contribution in [0, 0.1) is 0 Å². The zero-order valence-corrected chi connectivity index (χ0v) is 8.08. The number of allylic oxidation sites excluding steroid dienone is 3. The first-order valence-electron chi connectivity index (χ1n) is 4.21. The number of benzene rings is 1. The van der Waals surface area contributed by atoms with Crippen LogP contribution in [0.3, 0.4) is 0 Å². The largest absolute Gasteiger partial charge is 0.497 e. The van der Waals surface area contributed by atoms with Gasteiger partial charge in [0.2, 0.25) is 0 Å². The molecule has 0 aliphatic carbocycles. The van der Waals surface area contributed by atoms with Gasteiger partial charge < -0.3 is 4.74 Å². The molecular formula is C12H14O. The molecule has 0 saturated carbocycles. The third-order valence-corrected chi connectivity index (χ3v) is 1.91. The lowest BCUT2D eigenvalue weighted by Crippen LogP contribution is -1.83. The molecule has 0 aromatic heterocycles. The van der Waals surface area contributed by atoms with Gasteiger partial charge in [0.25, 0.3) is 0 Å². The van der Waals surface area contributed by atoms with Crippen molar-refractivity contribution in [2.45, 2.75) is 6.92 Å². The van der Waals surface area contributed by atoms with E-state index in [0.29, 0.717) is 0 Å². The highest BCUT2D eigenvalue weighted by atomic mass is 16.5. The van der Waals surface area contributed by atoms with Crippen LogP contribution in [-0.4, -0.2) is 7.11 Å². The minimum Gasteiger partial charge on any atom is -0.497 e. The van der Waals surface area contributed by atoms with E-state index in [-0.39, 0.29) is 0 Å². The quantitative estimate of drug-likeness (QED) is 0.639. The molecule has 0 aliphatic heterocycles. The third kappa shape index (κ3) is 2.48. The van der Waals surface area contributed by atoms with Gasteiger partial charge in [-0.05, 0) is 30.2 Å². The van der Waals surface area contributed by atoms with Crippen molar-refractivity contribution in [2.75, 3.05) is 7.11 Å². The van der Waals surface area contributed by atoms with Gasteiger partial charge in [-0.15, -0.1) is 0 Å². The number of rotatable bonds is 3. The zero-order valence-electron chi connectivity index (χ0n) is 8.08. The summed E-state index contributed by atoms with van der Waals surface area (Å²) in [5, 5.41) is 0. The maximum atomic E-state index is 5.07. The Morgan fingerprint density at radius 3 is 2.38 bits per heavy atom. The Kier molecular flexibility index (Phi) is 3.32. The summed E-state index contributed by atoms with van der Waals surface area (Å²) in [6, 6.07) is 7.98. The fourth-order valence-electron chi connectivity index (χ4n) is 1.13. The van der Waals surface area contributed by atoms with E-state index in [4.69, 9.17) is 4.74 Å². The highest BCUT2D eigenvalue weighted by Gasteiger charge is 1.94. The number of methoxy groups -OCH3 is 1. The predicted octanol–water partition coefficient (Wildman–Crippen LogP) is 3.28. The molecule has 0 spiro atoms. The van der Waals surface area contributed by atoms with Crippen molar-refractivity contribution in [3.63, 3.8) is 0 Å². The van der Waals surface area contributed by atoms with Gasteiger partial charge in [0.15, 0.2) is 0 Å². The van der Waals surface area contributed by atoms with Crippen molar-refractivity contribution in [2.24, 2.45) is 0 Å². The van der Waals surface area contributed by atoms with Gasteiger partial charge in [0.1, 0.15) is 5.75 Å². The fraction of sp³-hybridized carbons (Fsp3) is 0.167. The molecule has 1 aromatic carbocycles. The molecule has 1 rings (SSSR count). The molecule has 0 heterocycles. The average Bonchev–Trinajstić information content (AvgIpc) is 2.18. The van der Waals surface area contributed by atoms with Crippen LogP contribution in [0.2, 0.25) is 0 Å². The summed E-state index contributed by atoms with van der Waals surface area (Å²) in [7, 11) is 1.67. The first-order valence-corrected chi connectivity index (χ1v) is 4.21. The second-order valence-corrected chi connectivity index (χ2v) is 2.81. The smallest absolute Gasteiger partial charge is 0.118 e. The first-order chi connectivity index (χ1) is 6.27. The second-order valence-electron chi connectivity index (χ2n) is 2.81. The Morgan fingerprint density at radius 1 is 1.31 bits per heavy atom. The van der Waals surface area contributed by atoms with Crippen LogP contribution in [0.25, 0.3) is 5.57 Å². The van der Waals surface area contributed by atoms with Crippen LogP contribution in [0.5, 0.6) is 5.75 Å². The Balaban J connectivity index is 2.91. The molecule has 13 heavy (non-hydrogen) atoms. The van der Waals surface area contributed by atoms with Crippen LogP contribution < -0.4 is 4.74 Å². The minimum absolute atomic E-state index is 0.884. The van der Waals surface area contributed by atoms with E-state index >= 15 is 0 Å². The summed E-state index contributed by atoms with van der Waals surface area (Å²) < 4.78 is 5.07. The zero-order chi connectivity index (χ0) is 9.68. The predicted molar refractivity (Wildman–Crippen MR) is 56.8 cm³/mol. The molecule has 0 bridgehead atoms. The first kappa shape index (κ1) is 9.59. The van der Waals surface area contributed by atoms with Crippen molar-refractivity contribution in [1.29, 1.82) is 0 Å². The molecule has 68 valence electrons. The van der Waals surface area contributed by atoms with Gasteiger partial charge in [0.05, 0.1) is 7.11 Å². The van der Waals surface area contributed by atoms with Crippen molar-refractivity contribution in [1.82, 2.24) is 0 Å². The molecule has 1 nitrogen and oxygen atoms in total. The van der Waals surface area contributed by atoms with E-state index in [1.54, 1.807) is 13.2 Å². The van der Waals surface area contributed by atoms with Crippen molar-refractivity contribution >= 4 is 5.57 Å². The topological polar surface area (TPSA) is 9.23 Å². The lowest BCUT2D eigenvalue weighted by atomic mass is 10.1. The average molecular weight is 174 g/mol. The van der Waals surface area contributed by atoms with Crippen molar-refractivity contribution < 1.29 is 4.74 Å². The van der Waals surface area contributed by atoms with Gasteiger partial charge in [-0.2, -0.15) is 0 Å². The summed E-state index contributed by atoms with van der Waals surface area (Å²) in [6.07, 6.45) is 3.78. The molecule has 0 saturated heterocycles. The fourth-order valence-corrected chi connectivity index (χ4v) is 1.13. The molecule has 1 heteroatoms. The lowest BCUT2D eigenvalue weighted by Gasteiger charge is -2.02. The van der Waals surface area contributed by atoms with E-state index in [1.807, 2.05) is 30.3 Å². The van der Waals surface area contributed by atoms with Crippen molar-refractivity contribution in [3.8, 4) is 5.75 Å². The van der Waals surface area contributed by atoms with Crippen molar-refractivity contribution in [3.05, 3.63) is 48.6 Å². The molecule has 0 unspecified atom stereocenters. The van der Waals surface area contributed by atoms with Gasteiger partial charge in [-0.3, -0.25) is 0 Å². The summed E-state index contributed by atoms with van der Waals surface area (Å²) in [5.41, 5.74) is 2.40. The Bertz CT molecular complexity index is 306. The molecule has 0 radical (unpaired) electrons. The SMILES string of the molecule is C=CC=C(C)c1ccc(OC)cc1. The monoisotopic (exact) mass is 174 g/mol. The second kappa shape index (κ2) is 4.51. The van der Waals surface area contributed by atoms with Gasteiger partial charge in [0, 0.05) is 0 Å². The Morgan fingerprint density at radius 2 is 1.92 bits per heavy atom. The normalized spacial score (nSPS) is 11.1. The van der Waals surface area contributed by atoms with E-state index in [1.165, 1.54) is 11.1 Å². The van der Waals surface area contributed by atoms with E-state index < -0.39 is 0 Å². The molecule has 0 amide bonds. The Hall–Kier alpha value is -1.50. The van der Waals surface area contributed by atoms with Gasteiger partial charge >= 0.3 is 0 Å². The van der Waals surface area contributed by atoms with E-state index in [2.05, 4.69) is 13.5 Å². The third-order valence-electron chi connectivity index (χ3n) is 1.91. The number of hydrogen-bond acceptors (Lipinski definition) is 1. The summed E-state index contributed by atoms with van der Waals surface area (Å²) >= 11 is 0. The van der Waals surface area contributed by atoms with Gasteiger partial charge in [-0.1, -0.05) is 30.9 Å². The van der Waals surface area contributed by atoms with E-state index in [0.717, 1.165) is 5.75 Å². The standard InChI is InChI=1S/C12H14O/c1-4-5-10(2)11-6-8-12(13-3)9-7-11/h4-9H,1H2,2-3H3. The van der Waals surface area contributed by atoms with Crippen LogP contribution in [0.1, 0.15) is 12.5 Å². The van der Waals surface area contributed by atoms with Crippen LogP contribution in [-0.2, 0) is 0 Å². The molecule has 1 aromatic rings. The summed E-state index contributed by atoms with van der Waals surface area (Å²) in [5.74, 6) is 0.884. The highest BCUT2D eigenvalue weighted by Crippen LogP contribution is 2.17. The van der Waals surface area contributed by atoms with Crippen LogP contribution in [0.15, 0.2) is 43.0 Å². The molecule has 0 atom stereocenters. The highest BCUT2D eigenvalue weighted by molar-refractivity contribution is 5.65. The number of ether oxygens (including phenoxy) is 1. The maximum absolute atomic E-state index is 5.07. The summed E-state index contributed by atoms with van der Waals surface area (Å²) in [6.45, 7) is 5.72. The maximum Gasteiger partial charge on any atom is 0.118 e. The van der Waals surface area contributed by atoms with E-state index in [9.17, 15) is 0 Å². The molecule has 0 N–H and O–H groups in total. The number of hydrogen-bond donors (Lipinski definition) is 0. The minimum atomic E-state index is 0.884. The summed E-state index contributed by atoms with van der Waals surface area (Å²) in [4.78, 5) is 0. The molecular weight excluding hydrogens is 160 g/mol. The molecule has 0 fully saturated rings. The molecule has 0 aliphatic rings. The van der Waals surface area contributed by atoms with Crippen LogP contribution in [0.4, 0.5) is 0 Å². The lowest BCUT2D eigenvalue weighted by molar-refractivity contribution is 0.415. The Labute approximate surface area is 79.4 Å². The van der Waals surface area contributed by atoms with Gasteiger partial charge in [-0.25, -0.2) is 0 Å².